The highest BCUT2D eigenvalue weighted by Crippen LogP contribution is 2.22. The van der Waals surface area contributed by atoms with Crippen LogP contribution in [0.15, 0.2) is 28.9 Å². The highest BCUT2D eigenvalue weighted by atomic mass is 79.9. The van der Waals surface area contributed by atoms with Crippen LogP contribution in [0.3, 0.4) is 0 Å². The van der Waals surface area contributed by atoms with Gasteiger partial charge in [-0.05, 0) is 24.7 Å². The van der Waals surface area contributed by atoms with Crippen LogP contribution >= 0.6 is 15.9 Å². The Morgan fingerprint density at radius 3 is 2.94 bits per heavy atom. The van der Waals surface area contributed by atoms with Gasteiger partial charge in [-0.2, -0.15) is 0 Å². The normalized spacial score (nSPS) is 10.8. The Morgan fingerprint density at radius 2 is 2.24 bits per heavy atom. The van der Waals surface area contributed by atoms with E-state index >= 15 is 0 Å². The molecule has 0 saturated carbocycles. The van der Waals surface area contributed by atoms with E-state index in [1.54, 1.807) is 6.20 Å². The molecule has 0 saturated heterocycles. The molecule has 1 heterocycles. The number of rotatable bonds is 4. The van der Waals surface area contributed by atoms with Gasteiger partial charge in [-0.3, -0.25) is 0 Å². The summed E-state index contributed by atoms with van der Waals surface area (Å²) in [5, 5.41) is 3.20. The largest absolute Gasteiger partial charge is 0.341 e. The van der Waals surface area contributed by atoms with E-state index in [4.69, 9.17) is 0 Å². The maximum Gasteiger partial charge on any atom is 0.137 e. The summed E-state index contributed by atoms with van der Waals surface area (Å²) in [5.74, 6) is 0.400. The highest BCUT2D eigenvalue weighted by molar-refractivity contribution is 9.10. The monoisotopic (exact) mass is 297 g/mol. The molecule has 0 aliphatic carbocycles. The molecular weight excluding hydrogens is 285 g/mol. The first-order valence-electron chi connectivity index (χ1n) is 5.40. The van der Waals surface area contributed by atoms with E-state index in [0.717, 1.165) is 24.3 Å². The molecule has 0 spiro atoms. The fourth-order valence-electron chi connectivity index (χ4n) is 1.55. The summed E-state index contributed by atoms with van der Waals surface area (Å²) >= 11 is 3.26. The Labute approximate surface area is 108 Å². The SMILES string of the molecule is CCNCc1cnc(-c2cc(F)cc(Br)c2)[nH]1. The zero-order chi connectivity index (χ0) is 12.3. The van der Waals surface area contributed by atoms with Crippen LogP contribution in [-0.4, -0.2) is 16.5 Å². The fourth-order valence-corrected chi connectivity index (χ4v) is 2.01. The summed E-state index contributed by atoms with van der Waals surface area (Å²) in [7, 11) is 0. The van der Waals surface area contributed by atoms with Gasteiger partial charge in [-0.15, -0.1) is 0 Å². The van der Waals surface area contributed by atoms with Crippen molar-refractivity contribution in [3.05, 3.63) is 40.4 Å². The molecule has 0 unspecified atom stereocenters. The number of nitrogens with zero attached hydrogens (tertiary/aromatic N) is 1. The maximum atomic E-state index is 13.2. The van der Waals surface area contributed by atoms with Crippen molar-refractivity contribution in [2.45, 2.75) is 13.5 Å². The molecule has 0 amide bonds. The lowest BCUT2D eigenvalue weighted by molar-refractivity contribution is 0.627. The predicted octanol–water partition coefficient (Wildman–Crippen LogP) is 3.09. The summed E-state index contributed by atoms with van der Waals surface area (Å²) in [6, 6.07) is 4.71. The van der Waals surface area contributed by atoms with Crippen molar-refractivity contribution >= 4 is 15.9 Å². The molecule has 90 valence electrons. The van der Waals surface area contributed by atoms with Gasteiger partial charge < -0.3 is 10.3 Å². The Morgan fingerprint density at radius 1 is 1.41 bits per heavy atom. The van der Waals surface area contributed by atoms with Crippen LogP contribution in [0.4, 0.5) is 4.39 Å². The molecule has 1 aromatic heterocycles. The number of hydrogen-bond acceptors (Lipinski definition) is 2. The fraction of sp³-hybridized carbons (Fsp3) is 0.250. The van der Waals surface area contributed by atoms with Crippen molar-refractivity contribution in [3.8, 4) is 11.4 Å². The van der Waals surface area contributed by atoms with Crippen molar-refractivity contribution < 1.29 is 4.39 Å². The molecule has 2 N–H and O–H groups in total. The lowest BCUT2D eigenvalue weighted by atomic mass is 10.2. The number of imidazole rings is 1. The second-order valence-corrected chi connectivity index (χ2v) is 4.61. The van der Waals surface area contributed by atoms with Gasteiger partial charge in [-0.1, -0.05) is 22.9 Å². The van der Waals surface area contributed by atoms with E-state index in [1.165, 1.54) is 12.1 Å². The Balaban J connectivity index is 2.24. The molecule has 2 aromatic rings. The van der Waals surface area contributed by atoms with Crippen LogP contribution in [0.2, 0.25) is 0 Å². The molecule has 5 heteroatoms. The minimum absolute atomic E-state index is 0.279. The van der Waals surface area contributed by atoms with Gasteiger partial charge in [0.15, 0.2) is 0 Å². The highest BCUT2D eigenvalue weighted by Gasteiger charge is 2.06. The van der Waals surface area contributed by atoms with Gasteiger partial charge in [0.2, 0.25) is 0 Å². The van der Waals surface area contributed by atoms with Crippen LogP contribution in [0.5, 0.6) is 0 Å². The first-order valence-corrected chi connectivity index (χ1v) is 6.19. The molecule has 0 radical (unpaired) electrons. The average Bonchev–Trinajstić information content (AvgIpc) is 2.73. The van der Waals surface area contributed by atoms with Gasteiger partial charge in [0, 0.05) is 28.5 Å². The lowest BCUT2D eigenvalue weighted by Crippen LogP contribution is -2.11. The third kappa shape index (κ3) is 3.14. The Hall–Kier alpha value is -1.20. The zero-order valence-electron chi connectivity index (χ0n) is 9.43. The molecule has 0 aliphatic rings. The van der Waals surface area contributed by atoms with E-state index in [1.807, 2.05) is 13.0 Å². The molecule has 2 rings (SSSR count). The standard InChI is InChI=1S/C12H13BrFN3/c1-2-15-6-11-7-16-12(17-11)8-3-9(13)5-10(14)4-8/h3-5,7,15H,2,6H2,1H3,(H,16,17). The van der Waals surface area contributed by atoms with Crippen molar-refractivity contribution in [2.75, 3.05) is 6.54 Å². The van der Waals surface area contributed by atoms with E-state index in [9.17, 15) is 4.39 Å². The summed E-state index contributed by atoms with van der Waals surface area (Å²) in [6.45, 7) is 3.68. The molecule has 0 aliphatic heterocycles. The van der Waals surface area contributed by atoms with Crippen LogP contribution in [0.25, 0.3) is 11.4 Å². The Bertz CT molecular complexity index is 490. The predicted molar refractivity (Wildman–Crippen MR) is 69.1 cm³/mol. The van der Waals surface area contributed by atoms with Crippen LogP contribution in [0, 0.1) is 5.82 Å². The van der Waals surface area contributed by atoms with Gasteiger partial charge >= 0.3 is 0 Å². The quantitative estimate of drug-likeness (QED) is 0.910. The molecule has 3 nitrogen and oxygen atoms in total. The smallest absolute Gasteiger partial charge is 0.137 e. The van der Waals surface area contributed by atoms with Crippen LogP contribution < -0.4 is 5.32 Å². The number of nitrogens with one attached hydrogen (secondary N) is 2. The van der Waals surface area contributed by atoms with E-state index < -0.39 is 0 Å². The van der Waals surface area contributed by atoms with Crippen LogP contribution in [-0.2, 0) is 6.54 Å². The number of aromatic amines is 1. The molecule has 0 fully saturated rings. The molecule has 17 heavy (non-hydrogen) atoms. The molecule has 0 atom stereocenters. The third-order valence-electron chi connectivity index (χ3n) is 2.33. The number of halogens is 2. The summed E-state index contributed by atoms with van der Waals surface area (Å²) in [6.07, 6.45) is 1.76. The number of benzene rings is 1. The van der Waals surface area contributed by atoms with Gasteiger partial charge in [0.1, 0.15) is 11.6 Å². The number of aromatic nitrogens is 2. The Kier molecular flexibility index (Phi) is 3.91. The zero-order valence-corrected chi connectivity index (χ0v) is 11.0. The first-order chi connectivity index (χ1) is 8.19. The number of hydrogen-bond donors (Lipinski definition) is 2. The molecular formula is C12H13BrFN3. The van der Waals surface area contributed by atoms with Crippen molar-refractivity contribution in [1.82, 2.24) is 15.3 Å². The second-order valence-electron chi connectivity index (χ2n) is 3.70. The van der Waals surface area contributed by atoms with E-state index in [0.29, 0.717) is 10.3 Å². The maximum absolute atomic E-state index is 13.2. The van der Waals surface area contributed by atoms with Crippen molar-refractivity contribution in [1.29, 1.82) is 0 Å². The lowest BCUT2D eigenvalue weighted by Gasteiger charge is -2.00. The minimum atomic E-state index is -0.279. The van der Waals surface area contributed by atoms with Gasteiger partial charge in [-0.25, -0.2) is 9.37 Å². The van der Waals surface area contributed by atoms with Gasteiger partial charge in [0.05, 0.1) is 0 Å². The molecule has 0 bridgehead atoms. The topological polar surface area (TPSA) is 40.7 Å². The average molecular weight is 298 g/mol. The van der Waals surface area contributed by atoms with Crippen LogP contribution in [0.1, 0.15) is 12.6 Å². The minimum Gasteiger partial charge on any atom is -0.341 e. The summed E-state index contributed by atoms with van der Waals surface area (Å²) in [4.78, 5) is 7.40. The van der Waals surface area contributed by atoms with Gasteiger partial charge in [0.25, 0.3) is 0 Å². The van der Waals surface area contributed by atoms with E-state index in [2.05, 4.69) is 31.2 Å². The third-order valence-corrected chi connectivity index (χ3v) is 2.79. The summed E-state index contributed by atoms with van der Waals surface area (Å²) in [5.41, 5.74) is 1.72. The first kappa shape index (κ1) is 12.3. The number of H-pyrrole nitrogens is 1. The van der Waals surface area contributed by atoms with Crippen molar-refractivity contribution in [3.63, 3.8) is 0 Å². The summed E-state index contributed by atoms with van der Waals surface area (Å²) < 4.78 is 13.9. The molecule has 1 aromatic carbocycles. The van der Waals surface area contributed by atoms with E-state index in [-0.39, 0.29) is 5.82 Å². The van der Waals surface area contributed by atoms with Crippen molar-refractivity contribution in [2.24, 2.45) is 0 Å². The second kappa shape index (κ2) is 5.42.